The molecule has 1 aromatic heterocycles. The van der Waals surface area contributed by atoms with Crippen molar-refractivity contribution in [3.05, 3.63) is 53.7 Å². The molecule has 0 amide bonds. The van der Waals surface area contributed by atoms with Crippen LogP contribution in [-0.2, 0) is 4.79 Å². The molecule has 6 nitrogen and oxygen atoms in total. The fourth-order valence-corrected chi connectivity index (χ4v) is 1.99. The molecule has 96 valence electrons. The van der Waals surface area contributed by atoms with Gasteiger partial charge in [0.1, 0.15) is 23.9 Å². The molecule has 2 N–H and O–H groups in total. The van der Waals surface area contributed by atoms with E-state index in [0.29, 0.717) is 11.5 Å². The van der Waals surface area contributed by atoms with E-state index in [1.54, 1.807) is 12.1 Å². The van der Waals surface area contributed by atoms with Gasteiger partial charge in [0.15, 0.2) is 0 Å². The minimum atomic E-state index is -1.10. The Morgan fingerprint density at radius 1 is 1.47 bits per heavy atom. The molecule has 0 saturated carbocycles. The summed E-state index contributed by atoms with van der Waals surface area (Å²) in [7, 11) is 0. The number of anilines is 1. The highest BCUT2D eigenvalue weighted by Crippen LogP contribution is 2.28. The van der Waals surface area contributed by atoms with Crippen LogP contribution in [0.5, 0.6) is 0 Å². The number of allylic oxidation sites excluding steroid dienone is 1. The number of aromatic nitrogens is 3. The van der Waals surface area contributed by atoms with Crippen LogP contribution in [0.2, 0.25) is 0 Å². The van der Waals surface area contributed by atoms with E-state index in [4.69, 9.17) is 5.11 Å². The highest BCUT2D eigenvalue weighted by atomic mass is 19.1. The lowest BCUT2D eigenvalue weighted by Crippen LogP contribution is -2.24. The number of rotatable bonds is 2. The van der Waals surface area contributed by atoms with Crippen molar-refractivity contribution in [1.82, 2.24) is 14.8 Å². The Hall–Kier alpha value is -2.70. The van der Waals surface area contributed by atoms with Crippen LogP contribution in [-0.4, -0.2) is 25.8 Å². The van der Waals surface area contributed by atoms with Crippen LogP contribution in [0.1, 0.15) is 11.6 Å². The summed E-state index contributed by atoms with van der Waals surface area (Å²) >= 11 is 0. The molecule has 19 heavy (non-hydrogen) atoms. The molecule has 1 atom stereocenters. The Morgan fingerprint density at radius 2 is 2.32 bits per heavy atom. The summed E-state index contributed by atoms with van der Waals surface area (Å²) in [6, 6.07) is 5.45. The van der Waals surface area contributed by atoms with Crippen molar-refractivity contribution < 1.29 is 14.3 Å². The summed E-state index contributed by atoms with van der Waals surface area (Å²) in [5, 5.41) is 15.7. The number of carboxylic acids is 1. The number of hydrogen-bond donors (Lipinski definition) is 2. The lowest BCUT2D eigenvalue weighted by atomic mass is 10.0. The van der Waals surface area contributed by atoms with Crippen LogP contribution in [0.15, 0.2) is 42.4 Å². The third-order valence-corrected chi connectivity index (χ3v) is 2.83. The van der Waals surface area contributed by atoms with Gasteiger partial charge in [0.05, 0.1) is 0 Å². The van der Waals surface area contributed by atoms with E-state index in [-0.39, 0.29) is 11.5 Å². The molecule has 1 aliphatic rings. The maximum atomic E-state index is 13.3. The molecular weight excluding hydrogens is 251 g/mol. The second kappa shape index (κ2) is 4.20. The smallest absolute Gasteiger partial charge is 0.352 e. The third kappa shape index (κ3) is 1.95. The first-order valence-electron chi connectivity index (χ1n) is 5.52. The second-order valence-corrected chi connectivity index (χ2v) is 4.04. The van der Waals surface area contributed by atoms with Gasteiger partial charge in [0.2, 0.25) is 5.95 Å². The number of carbonyl (C=O) groups is 1. The van der Waals surface area contributed by atoms with Crippen LogP contribution in [0.25, 0.3) is 0 Å². The first-order chi connectivity index (χ1) is 9.15. The quantitative estimate of drug-likeness (QED) is 0.853. The average Bonchev–Trinajstić information content (AvgIpc) is 2.85. The van der Waals surface area contributed by atoms with E-state index in [9.17, 15) is 9.18 Å². The fourth-order valence-electron chi connectivity index (χ4n) is 1.99. The summed E-state index contributed by atoms with van der Waals surface area (Å²) in [5.41, 5.74) is 0.599. The summed E-state index contributed by atoms with van der Waals surface area (Å²) in [4.78, 5) is 15.0. The molecule has 0 bridgehead atoms. The molecule has 0 fully saturated rings. The third-order valence-electron chi connectivity index (χ3n) is 2.83. The topological polar surface area (TPSA) is 80.0 Å². The molecule has 0 spiro atoms. The monoisotopic (exact) mass is 260 g/mol. The van der Waals surface area contributed by atoms with E-state index in [1.807, 2.05) is 0 Å². The standard InChI is InChI=1S/C12H9FN4O2/c13-8-3-1-2-7(4-8)10-5-9(11(18)19)16-12-14-6-15-17(10)12/h1-6,10H,(H,18,19)(H,14,15,16). The Labute approximate surface area is 107 Å². The Balaban J connectivity index is 2.11. The Kier molecular flexibility index (Phi) is 2.52. The number of benzene rings is 1. The van der Waals surface area contributed by atoms with Crippen molar-refractivity contribution in [2.24, 2.45) is 0 Å². The molecule has 2 aromatic rings. The predicted molar refractivity (Wildman–Crippen MR) is 63.9 cm³/mol. The van der Waals surface area contributed by atoms with Gasteiger partial charge >= 0.3 is 5.97 Å². The first-order valence-corrected chi connectivity index (χ1v) is 5.52. The van der Waals surface area contributed by atoms with Crippen molar-refractivity contribution in [2.45, 2.75) is 6.04 Å². The van der Waals surface area contributed by atoms with Crippen LogP contribution in [0.4, 0.5) is 10.3 Å². The summed E-state index contributed by atoms with van der Waals surface area (Å²) in [6.45, 7) is 0. The van der Waals surface area contributed by atoms with Crippen LogP contribution >= 0.6 is 0 Å². The fraction of sp³-hybridized carbons (Fsp3) is 0.0833. The highest BCUT2D eigenvalue weighted by molar-refractivity contribution is 5.90. The van der Waals surface area contributed by atoms with E-state index in [1.165, 1.54) is 29.2 Å². The van der Waals surface area contributed by atoms with Gasteiger partial charge < -0.3 is 10.4 Å². The lowest BCUT2D eigenvalue weighted by Gasteiger charge is -2.22. The number of aliphatic carboxylic acids is 1. The van der Waals surface area contributed by atoms with E-state index in [2.05, 4.69) is 15.4 Å². The number of hydrogen-bond acceptors (Lipinski definition) is 4. The number of nitrogens with one attached hydrogen (secondary N) is 1. The molecule has 2 heterocycles. The number of fused-ring (bicyclic) bond motifs is 1. The molecular formula is C12H9FN4O2. The van der Waals surface area contributed by atoms with Gasteiger partial charge in [-0.25, -0.2) is 13.9 Å². The predicted octanol–water partition coefficient (Wildman–Crippen LogP) is 1.40. The van der Waals surface area contributed by atoms with Crippen molar-refractivity contribution in [3.63, 3.8) is 0 Å². The van der Waals surface area contributed by atoms with Crippen LogP contribution in [0, 0.1) is 5.82 Å². The van der Waals surface area contributed by atoms with Gasteiger partial charge in [-0.15, -0.1) is 0 Å². The number of carboxylic acid groups (broad SMARTS) is 1. The maximum absolute atomic E-state index is 13.3. The van der Waals surface area contributed by atoms with Gasteiger partial charge in [-0.3, -0.25) is 0 Å². The van der Waals surface area contributed by atoms with Gasteiger partial charge in [-0.05, 0) is 23.8 Å². The maximum Gasteiger partial charge on any atom is 0.352 e. The lowest BCUT2D eigenvalue weighted by molar-refractivity contribution is -0.132. The molecule has 0 saturated heterocycles. The largest absolute Gasteiger partial charge is 0.477 e. The van der Waals surface area contributed by atoms with Crippen LogP contribution < -0.4 is 5.32 Å². The van der Waals surface area contributed by atoms with Gasteiger partial charge in [0.25, 0.3) is 0 Å². The summed E-state index contributed by atoms with van der Waals surface area (Å²) < 4.78 is 14.8. The van der Waals surface area contributed by atoms with Crippen molar-refractivity contribution in [2.75, 3.05) is 5.32 Å². The number of nitrogens with zero attached hydrogens (tertiary/aromatic N) is 3. The molecule has 1 unspecified atom stereocenters. The van der Waals surface area contributed by atoms with Crippen molar-refractivity contribution in [3.8, 4) is 0 Å². The zero-order chi connectivity index (χ0) is 13.4. The molecule has 0 radical (unpaired) electrons. The minimum absolute atomic E-state index is 0.00485. The minimum Gasteiger partial charge on any atom is -0.477 e. The van der Waals surface area contributed by atoms with E-state index in [0.717, 1.165) is 0 Å². The van der Waals surface area contributed by atoms with Crippen molar-refractivity contribution >= 4 is 11.9 Å². The molecule has 1 aliphatic heterocycles. The summed E-state index contributed by atoms with van der Waals surface area (Å²) in [5.74, 6) is -1.17. The van der Waals surface area contributed by atoms with Gasteiger partial charge in [-0.2, -0.15) is 10.1 Å². The van der Waals surface area contributed by atoms with Gasteiger partial charge in [0, 0.05) is 0 Å². The molecule has 3 rings (SSSR count). The Morgan fingerprint density at radius 3 is 3.05 bits per heavy atom. The molecule has 7 heteroatoms. The van der Waals surface area contributed by atoms with Gasteiger partial charge in [-0.1, -0.05) is 12.1 Å². The molecule has 0 aliphatic carbocycles. The normalized spacial score (nSPS) is 17.3. The first kappa shape index (κ1) is 11.4. The Bertz CT molecular complexity index is 680. The second-order valence-electron chi connectivity index (χ2n) is 4.04. The SMILES string of the molecule is O=C(O)C1=CC(c2cccc(F)c2)n2ncnc2N1. The average molecular weight is 260 g/mol. The van der Waals surface area contributed by atoms with E-state index < -0.39 is 12.0 Å². The highest BCUT2D eigenvalue weighted by Gasteiger charge is 2.25. The zero-order valence-electron chi connectivity index (χ0n) is 9.62. The van der Waals surface area contributed by atoms with E-state index >= 15 is 0 Å². The summed E-state index contributed by atoms with van der Waals surface area (Å²) in [6.07, 6.45) is 2.78. The van der Waals surface area contributed by atoms with Crippen LogP contribution in [0.3, 0.4) is 0 Å². The number of halogens is 1. The van der Waals surface area contributed by atoms with Crippen molar-refractivity contribution in [1.29, 1.82) is 0 Å². The zero-order valence-corrected chi connectivity index (χ0v) is 9.62. The molecule has 1 aromatic carbocycles.